The van der Waals surface area contributed by atoms with Gasteiger partial charge in [0.2, 0.25) is 5.88 Å². The van der Waals surface area contributed by atoms with Crippen molar-refractivity contribution in [2.45, 2.75) is 58.9 Å². The van der Waals surface area contributed by atoms with Crippen LogP contribution in [0.25, 0.3) is 22.2 Å². The van der Waals surface area contributed by atoms with E-state index >= 15 is 4.39 Å². The van der Waals surface area contributed by atoms with Gasteiger partial charge in [0, 0.05) is 25.1 Å². The molecule has 1 saturated heterocycles. The first-order chi connectivity index (χ1) is 19.5. The first-order valence-electron chi connectivity index (χ1n) is 13.5. The molecule has 2 atom stereocenters. The Morgan fingerprint density at radius 2 is 1.80 bits per heavy atom. The fourth-order valence-electron chi connectivity index (χ4n) is 4.64. The van der Waals surface area contributed by atoms with E-state index in [-0.39, 0.29) is 41.3 Å². The van der Waals surface area contributed by atoms with Gasteiger partial charge in [0.1, 0.15) is 34.3 Å². The third-order valence-corrected chi connectivity index (χ3v) is 6.59. The van der Waals surface area contributed by atoms with Crippen molar-refractivity contribution < 1.29 is 36.2 Å². The van der Waals surface area contributed by atoms with Crippen LogP contribution in [0.5, 0.6) is 11.9 Å². The van der Waals surface area contributed by atoms with Crippen LogP contribution in [-0.4, -0.2) is 60.0 Å². The average Bonchev–Trinajstić information content (AvgIpc) is 3.42. The number of pyridine rings is 1. The summed E-state index contributed by atoms with van der Waals surface area (Å²) in [4.78, 5) is 12.8. The second kappa shape index (κ2) is 12.6. The van der Waals surface area contributed by atoms with Gasteiger partial charge in [-0.2, -0.15) is 23.1 Å². The van der Waals surface area contributed by atoms with Gasteiger partial charge in [0.05, 0.1) is 30.6 Å². The predicted octanol–water partition coefficient (Wildman–Crippen LogP) is 5.25. The molecule has 2 aliphatic rings. The van der Waals surface area contributed by atoms with Crippen LogP contribution in [0.15, 0.2) is 6.07 Å². The molecule has 0 amide bonds. The molecule has 0 radical (unpaired) electrons. The number of ether oxygens (including phenoxy) is 3. The van der Waals surface area contributed by atoms with Gasteiger partial charge >= 0.3 is 12.2 Å². The van der Waals surface area contributed by atoms with Crippen LogP contribution in [0.3, 0.4) is 0 Å². The molecule has 3 aromatic rings. The Bertz CT molecular complexity index is 1400. The standard InChI is InChI=1S/C25H27F5N6O3.C2H6/c1-11-3-5-32-6-7-33-22-16-21(35-24(36-22)39-13-4-8-37-10-13)19(27)20(34-23(16)38-11)14-9-15(31)18(26)12(2)17(14)25(28,29)30;1-2/h9,11,13,32H,3-8,10,31H2,1-2H3,(H,33,35,36);1-2H3. The summed E-state index contributed by atoms with van der Waals surface area (Å²) in [6, 6.07) is 0.533. The van der Waals surface area contributed by atoms with Gasteiger partial charge in [-0.15, -0.1) is 0 Å². The molecule has 224 valence electrons. The Hall–Kier alpha value is -3.52. The maximum atomic E-state index is 16.3. The zero-order valence-electron chi connectivity index (χ0n) is 23.2. The maximum Gasteiger partial charge on any atom is 0.417 e. The topological polar surface area (TPSA) is 116 Å². The minimum atomic E-state index is -5.04. The van der Waals surface area contributed by atoms with Crippen LogP contribution in [0, 0.1) is 18.6 Å². The molecular formula is C27H33F5N6O3. The Kier molecular flexibility index (Phi) is 9.32. The number of aromatic nitrogens is 3. The van der Waals surface area contributed by atoms with E-state index in [0.717, 1.165) is 13.0 Å². The van der Waals surface area contributed by atoms with Crippen molar-refractivity contribution in [3.63, 3.8) is 0 Å². The number of nitrogen functional groups attached to an aromatic ring is 1. The molecule has 4 N–H and O–H groups in total. The third-order valence-electron chi connectivity index (χ3n) is 6.59. The fraction of sp³-hybridized carbons (Fsp3) is 0.519. The molecule has 0 spiro atoms. The Morgan fingerprint density at radius 1 is 1.05 bits per heavy atom. The predicted molar refractivity (Wildman–Crippen MR) is 144 cm³/mol. The molecule has 0 bridgehead atoms. The van der Waals surface area contributed by atoms with Crippen LogP contribution < -0.4 is 25.8 Å². The molecule has 1 aromatic carbocycles. The molecule has 5 rings (SSSR count). The lowest BCUT2D eigenvalue weighted by atomic mass is 9.96. The second-order valence-corrected chi connectivity index (χ2v) is 9.48. The number of alkyl halides is 3. The van der Waals surface area contributed by atoms with Crippen LogP contribution in [0.2, 0.25) is 0 Å². The van der Waals surface area contributed by atoms with Crippen LogP contribution in [0.4, 0.5) is 33.5 Å². The molecule has 0 saturated carbocycles. The van der Waals surface area contributed by atoms with Crippen LogP contribution in [0.1, 0.15) is 44.7 Å². The first-order valence-corrected chi connectivity index (χ1v) is 13.5. The Balaban J connectivity index is 0.00000189. The SMILES string of the molecule is CC.Cc1c(F)c(N)cc(-c2nc3c4c(nc(OC5CCOC5)nc4c2F)NCCNCCC(C)O3)c1C(F)(F)F. The third kappa shape index (κ3) is 6.38. The van der Waals surface area contributed by atoms with Gasteiger partial charge in [-0.05, 0) is 38.4 Å². The van der Waals surface area contributed by atoms with Gasteiger partial charge < -0.3 is 30.6 Å². The number of hydrogen-bond acceptors (Lipinski definition) is 9. The fourth-order valence-corrected chi connectivity index (χ4v) is 4.64. The van der Waals surface area contributed by atoms with Crippen molar-refractivity contribution in [2.75, 3.05) is 43.9 Å². The molecule has 2 unspecified atom stereocenters. The minimum Gasteiger partial charge on any atom is -0.474 e. The number of nitrogens with two attached hydrogens (primary N) is 1. The lowest BCUT2D eigenvalue weighted by molar-refractivity contribution is -0.137. The van der Waals surface area contributed by atoms with Crippen molar-refractivity contribution in [3.05, 3.63) is 28.8 Å². The summed E-state index contributed by atoms with van der Waals surface area (Å²) in [6.45, 7) is 8.97. The lowest BCUT2D eigenvalue weighted by Gasteiger charge is -2.21. The van der Waals surface area contributed by atoms with E-state index in [0.29, 0.717) is 39.1 Å². The molecule has 2 aromatic heterocycles. The van der Waals surface area contributed by atoms with Gasteiger partial charge in [-0.1, -0.05) is 13.8 Å². The highest BCUT2D eigenvalue weighted by atomic mass is 19.4. The van der Waals surface area contributed by atoms with Crippen LogP contribution >= 0.6 is 0 Å². The zero-order valence-corrected chi connectivity index (χ0v) is 23.2. The average molecular weight is 585 g/mol. The number of nitrogens with zero attached hydrogens (tertiary/aromatic N) is 3. The van der Waals surface area contributed by atoms with E-state index in [1.54, 1.807) is 6.92 Å². The molecule has 0 aliphatic carbocycles. The summed E-state index contributed by atoms with van der Waals surface area (Å²) in [5.41, 5.74) is 1.09. The molecule has 1 fully saturated rings. The van der Waals surface area contributed by atoms with Crippen molar-refractivity contribution in [1.29, 1.82) is 0 Å². The van der Waals surface area contributed by atoms with Gasteiger partial charge in [0.15, 0.2) is 5.82 Å². The molecule has 2 aliphatic heterocycles. The van der Waals surface area contributed by atoms with E-state index in [4.69, 9.17) is 19.9 Å². The molecule has 4 heterocycles. The number of nitrogens with one attached hydrogen (secondary N) is 2. The van der Waals surface area contributed by atoms with Crippen molar-refractivity contribution in [2.24, 2.45) is 0 Å². The minimum absolute atomic E-state index is 0.0420. The smallest absolute Gasteiger partial charge is 0.417 e. The molecule has 9 nitrogen and oxygen atoms in total. The highest BCUT2D eigenvalue weighted by molar-refractivity contribution is 5.96. The van der Waals surface area contributed by atoms with Crippen molar-refractivity contribution in [1.82, 2.24) is 20.3 Å². The van der Waals surface area contributed by atoms with E-state index in [1.807, 2.05) is 13.8 Å². The van der Waals surface area contributed by atoms with E-state index in [2.05, 4.69) is 25.6 Å². The summed E-state index contributed by atoms with van der Waals surface area (Å²) in [5, 5.41) is 6.37. The Morgan fingerprint density at radius 3 is 2.49 bits per heavy atom. The zero-order chi connectivity index (χ0) is 29.9. The lowest BCUT2D eigenvalue weighted by Crippen LogP contribution is -2.26. The number of anilines is 2. The molecule has 14 heteroatoms. The summed E-state index contributed by atoms with van der Waals surface area (Å²) < 4.78 is 90.4. The number of benzene rings is 1. The largest absolute Gasteiger partial charge is 0.474 e. The van der Waals surface area contributed by atoms with Gasteiger partial charge in [0.25, 0.3) is 0 Å². The number of halogens is 5. The quantitative estimate of drug-likeness (QED) is 0.281. The normalized spacial score (nSPS) is 19.4. The van der Waals surface area contributed by atoms with Crippen LogP contribution in [-0.2, 0) is 10.9 Å². The molecule has 41 heavy (non-hydrogen) atoms. The van der Waals surface area contributed by atoms with Crippen molar-refractivity contribution >= 4 is 22.4 Å². The highest BCUT2D eigenvalue weighted by Gasteiger charge is 2.39. The monoisotopic (exact) mass is 584 g/mol. The summed E-state index contributed by atoms with van der Waals surface area (Å²) in [7, 11) is 0. The maximum absolute atomic E-state index is 16.3. The van der Waals surface area contributed by atoms with Crippen molar-refractivity contribution in [3.8, 4) is 23.1 Å². The molecular weight excluding hydrogens is 551 g/mol. The van der Waals surface area contributed by atoms with Gasteiger partial charge in [-0.3, -0.25) is 0 Å². The first kappa shape index (κ1) is 30.4. The Labute approximate surface area is 234 Å². The number of rotatable bonds is 3. The number of hydrogen-bond donors (Lipinski definition) is 3. The summed E-state index contributed by atoms with van der Waals surface area (Å²) >= 11 is 0. The van der Waals surface area contributed by atoms with E-state index < -0.39 is 52.0 Å². The second-order valence-electron chi connectivity index (χ2n) is 9.48. The van der Waals surface area contributed by atoms with E-state index in [1.165, 1.54) is 0 Å². The van der Waals surface area contributed by atoms with E-state index in [9.17, 15) is 17.6 Å². The summed E-state index contributed by atoms with van der Waals surface area (Å²) in [6.07, 6.45) is -4.77. The van der Waals surface area contributed by atoms with Gasteiger partial charge in [-0.25, -0.2) is 13.8 Å². The summed E-state index contributed by atoms with van der Waals surface area (Å²) in [5.74, 6) is -2.47. The highest BCUT2D eigenvalue weighted by Crippen LogP contribution is 2.44.